The minimum absolute atomic E-state index is 0.0229. The number of hydrogen-bond acceptors (Lipinski definition) is 9. The van der Waals surface area contributed by atoms with Gasteiger partial charge in [0.05, 0.1) is 30.3 Å². The number of morpholine rings is 1. The first-order valence-electron chi connectivity index (χ1n) is 14.3. The van der Waals surface area contributed by atoms with Crippen molar-refractivity contribution in [3.8, 4) is 22.8 Å². The quantitative estimate of drug-likeness (QED) is 0.320. The first-order chi connectivity index (χ1) is 20.1. The zero-order chi connectivity index (χ0) is 27.8. The largest absolute Gasteiger partial charge is 0.439 e. The van der Waals surface area contributed by atoms with E-state index in [9.17, 15) is 4.79 Å². The molecule has 0 spiro atoms. The summed E-state index contributed by atoms with van der Waals surface area (Å²) in [7, 11) is 0. The zero-order valence-corrected chi connectivity index (χ0v) is 22.9. The normalized spacial score (nSPS) is 21.4. The highest BCUT2D eigenvalue weighted by molar-refractivity contribution is 5.93. The molecule has 4 aromatic heterocycles. The van der Waals surface area contributed by atoms with E-state index in [1.807, 2.05) is 12.1 Å². The summed E-state index contributed by atoms with van der Waals surface area (Å²) in [5.41, 5.74) is 4.78. The molecule has 1 aliphatic carbocycles. The molecule has 0 radical (unpaired) electrons. The minimum atomic E-state index is -0.636. The monoisotopic (exact) mass is 552 g/mol. The molecule has 1 N–H and O–H groups in total. The van der Waals surface area contributed by atoms with Gasteiger partial charge in [0.2, 0.25) is 11.8 Å². The molecule has 0 unspecified atom stereocenters. The Hall–Kier alpha value is -4.38. The number of pyridine rings is 1. The van der Waals surface area contributed by atoms with E-state index in [1.165, 1.54) is 37.6 Å². The Balaban J connectivity index is 1.44. The molecule has 2 fully saturated rings. The fourth-order valence-electron chi connectivity index (χ4n) is 6.18. The van der Waals surface area contributed by atoms with Crippen LogP contribution in [0.5, 0.6) is 0 Å². The maximum Gasteiger partial charge on any atom is 0.439 e. The van der Waals surface area contributed by atoms with Crippen LogP contribution in [0.2, 0.25) is 0 Å². The lowest BCUT2D eigenvalue weighted by Gasteiger charge is -2.37. The highest BCUT2D eigenvalue weighted by Gasteiger charge is 2.32. The summed E-state index contributed by atoms with van der Waals surface area (Å²) in [6, 6.07) is 12.4. The van der Waals surface area contributed by atoms with Gasteiger partial charge in [0.15, 0.2) is 0 Å². The van der Waals surface area contributed by atoms with Gasteiger partial charge in [0.1, 0.15) is 17.7 Å². The summed E-state index contributed by atoms with van der Waals surface area (Å²) in [4.78, 5) is 35.6. The van der Waals surface area contributed by atoms with Crippen LogP contribution in [0.25, 0.3) is 33.8 Å². The summed E-state index contributed by atoms with van der Waals surface area (Å²) < 4.78 is 13.1. The summed E-state index contributed by atoms with van der Waals surface area (Å²) in [5, 5.41) is 3.90. The third kappa shape index (κ3) is 5.01. The van der Waals surface area contributed by atoms with Crippen molar-refractivity contribution in [2.45, 2.75) is 45.2 Å². The van der Waals surface area contributed by atoms with Crippen LogP contribution >= 0.6 is 0 Å². The number of ether oxygens (including phenoxy) is 1. The number of rotatable bonds is 6. The fraction of sp³-hybridized carbons (Fsp3) is 0.400. The van der Waals surface area contributed by atoms with Gasteiger partial charge in [-0.2, -0.15) is 0 Å². The Bertz CT molecular complexity index is 1690. The number of nitrogens with zero attached hydrogens (tertiary/aromatic N) is 7. The summed E-state index contributed by atoms with van der Waals surface area (Å²) in [6.45, 7) is 5.10. The summed E-state index contributed by atoms with van der Waals surface area (Å²) in [6.07, 6.45) is 9.85. The second kappa shape index (κ2) is 10.9. The van der Waals surface area contributed by atoms with Crippen molar-refractivity contribution in [3.63, 3.8) is 0 Å². The molecular formula is C30H32N8O3. The molecule has 1 atom stereocenters. The van der Waals surface area contributed by atoms with E-state index in [0.717, 1.165) is 35.0 Å². The molecule has 41 heavy (non-hydrogen) atoms. The Morgan fingerprint density at radius 1 is 1.05 bits per heavy atom. The molecule has 1 aromatic carbocycles. The Morgan fingerprint density at radius 3 is 2.61 bits per heavy atom. The average molecular weight is 553 g/mol. The van der Waals surface area contributed by atoms with Crippen LogP contribution in [0.3, 0.4) is 0 Å². The Morgan fingerprint density at radius 2 is 1.85 bits per heavy atom. The smallest absolute Gasteiger partial charge is 0.377 e. The molecule has 1 aliphatic heterocycles. The number of nitrogens with one attached hydrogen (secondary N) is 1. The number of aromatic nitrogens is 7. The molecule has 11 nitrogen and oxygen atoms in total. The van der Waals surface area contributed by atoms with Crippen LogP contribution < -0.4 is 10.7 Å². The number of hydrogen-bond donors (Lipinski definition) is 1. The second-order valence-electron chi connectivity index (χ2n) is 11.1. The number of H-pyrrole nitrogens is 1. The van der Waals surface area contributed by atoms with Gasteiger partial charge in [-0.25, -0.2) is 24.7 Å². The van der Waals surface area contributed by atoms with Crippen LogP contribution in [0.4, 0.5) is 5.95 Å². The lowest BCUT2D eigenvalue weighted by Crippen LogP contribution is -2.41. The number of imidazole rings is 1. The van der Waals surface area contributed by atoms with Crippen LogP contribution in [0, 0.1) is 11.8 Å². The maximum atomic E-state index is 11.8. The molecular weight excluding hydrogens is 520 g/mol. The number of fused-ring (bicyclic) bond motifs is 1. The van der Waals surface area contributed by atoms with Gasteiger partial charge in [0, 0.05) is 31.0 Å². The van der Waals surface area contributed by atoms with Crippen molar-refractivity contribution in [2.75, 3.05) is 24.7 Å². The van der Waals surface area contributed by atoms with Crippen molar-refractivity contribution in [3.05, 3.63) is 71.2 Å². The number of benzene rings is 1. The molecule has 1 saturated heterocycles. The lowest BCUT2D eigenvalue weighted by molar-refractivity contribution is 0.0927. The van der Waals surface area contributed by atoms with E-state index in [1.54, 1.807) is 12.4 Å². The van der Waals surface area contributed by atoms with E-state index >= 15 is 0 Å². The van der Waals surface area contributed by atoms with Crippen molar-refractivity contribution in [2.24, 2.45) is 11.8 Å². The van der Waals surface area contributed by atoms with E-state index in [-0.39, 0.29) is 11.9 Å². The van der Waals surface area contributed by atoms with Gasteiger partial charge >= 0.3 is 5.76 Å². The van der Waals surface area contributed by atoms with E-state index in [2.05, 4.69) is 60.8 Å². The summed E-state index contributed by atoms with van der Waals surface area (Å²) in [5.74, 6) is 1.80. The van der Waals surface area contributed by atoms with Gasteiger partial charge in [-0.05, 0) is 36.3 Å². The molecule has 210 valence electrons. The number of aromatic amines is 1. The van der Waals surface area contributed by atoms with Gasteiger partial charge in [-0.1, -0.05) is 55.3 Å². The van der Waals surface area contributed by atoms with Gasteiger partial charge in [-0.15, -0.1) is 0 Å². The summed E-state index contributed by atoms with van der Waals surface area (Å²) >= 11 is 0. The van der Waals surface area contributed by atoms with E-state index in [4.69, 9.17) is 19.2 Å². The molecule has 0 bridgehead atoms. The van der Waals surface area contributed by atoms with Gasteiger partial charge in [0.25, 0.3) is 0 Å². The van der Waals surface area contributed by atoms with Gasteiger partial charge in [-0.3, -0.25) is 9.51 Å². The third-order valence-electron chi connectivity index (χ3n) is 8.37. The Labute approximate surface area is 236 Å². The van der Waals surface area contributed by atoms with E-state index < -0.39 is 5.76 Å². The molecule has 0 amide bonds. The average Bonchev–Trinajstić information content (AvgIpc) is 3.62. The SMILES string of the molecule is CC1CCC(Cn2c(N3CCOC[C@H]3c3ccccc3)nc3cc(-c4noc(=O)[nH]4)nc(-c4cncnc4)c32)CC1. The second-order valence-corrected chi connectivity index (χ2v) is 11.1. The molecule has 2 aliphatic rings. The van der Waals surface area contributed by atoms with Crippen LogP contribution in [-0.4, -0.2) is 54.4 Å². The predicted molar refractivity (Wildman–Crippen MR) is 153 cm³/mol. The molecule has 5 aromatic rings. The van der Waals surface area contributed by atoms with Crippen LogP contribution in [0.1, 0.15) is 44.2 Å². The predicted octanol–water partition coefficient (Wildman–Crippen LogP) is 4.64. The van der Waals surface area contributed by atoms with Gasteiger partial charge < -0.3 is 14.2 Å². The van der Waals surface area contributed by atoms with Crippen molar-refractivity contribution >= 4 is 17.0 Å². The standard InChI is InChI=1S/C30H32N8O3/c1-19-7-9-20(10-8-19)16-38-27-23(34-29(38)37-11-12-40-17-25(37)21-5-3-2-4-6-21)13-24(28-35-30(39)41-36-28)33-26(27)22-14-31-18-32-15-22/h2-6,13-15,18-20,25H,7-12,16-17H2,1H3,(H,35,36,39)/t19?,20?,25-/m0/s1. The fourth-order valence-corrected chi connectivity index (χ4v) is 6.18. The number of anilines is 1. The van der Waals surface area contributed by atoms with Crippen LogP contribution in [0.15, 0.2) is 64.4 Å². The topological polar surface area (TPSA) is 128 Å². The van der Waals surface area contributed by atoms with Crippen LogP contribution in [-0.2, 0) is 11.3 Å². The molecule has 1 saturated carbocycles. The zero-order valence-electron chi connectivity index (χ0n) is 22.9. The minimum Gasteiger partial charge on any atom is -0.377 e. The first kappa shape index (κ1) is 25.6. The van der Waals surface area contributed by atoms with Crippen molar-refractivity contribution < 1.29 is 9.26 Å². The first-order valence-corrected chi connectivity index (χ1v) is 14.3. The highest BCUT2D eigenvalue weighted by Crippen LogP contribution is 2.39. The highest BCUT2D eigenvalue weighted by atomic mass is 16.5. The maximum absolute atomic E-state index is 11.8. The molecule has 7 rings (SSSR count). The van der Waals surface area contributed by atoms with E-state index in [0.29, 0.717) is 37.1 Å². The molecule has 5 heterocycles. The molecule has 11 heteroatoms. The Kier molecular flexibility index (Phi) is 6.79. The lowest BCUT2D eigenvalue weighted by atomic mass is 9.83. The van der Waals surface area contributed by atoms with Crippen molar-refractivity contribution in [1.29, 1.82) is 0 Å². The third-order valence-corrected chi connectivity index (χ3v) is 8.37. The van der Waals surface area contributed by atoms with Crippen molar-refractivity contribution in [1.82, 2.24) is 34.6 Å².